The number of benzene rings is 1. The number of halogens is 1. The predicted molar refractivity (Wildman–Crippen MR) is 89.4 cm³/mol. The lowest BCUT2D eigenvalue weighted by molar-refractivity contribution is 0.0981. The van der Waals surface area contributed by atoms with E-state index in [2.05, 4.69) is 38.3 Å². The molecule has 5 heteroatoms. The molecule has 0 fully saturated rings. The molecule has 1 N–H and O–H groups in total. The molecule has 2 heterocycles. The normalized spacial score (nSPS) is 17.0. The van der Waals surface area contributed by atoms with Gasteiger partial charge in [-0.2, -0.15) is 5.10 Å². The first-order valence-electron chi connectivity index (χ1n) is 7.91. The molecule has 0 saturated carbocycles. The van der Waals surface area contributed by atoms with E-state index < -0.39 is 0 Å². The third kappa shape index (κ3) is 2.19. The summed E-state index contributed by atoms with van der Waals surface area (Å²) in [5, 5.41) is 7.36. The third-order valence-electron chi connectivity index (χ3n) is 4.70. The number of aromatic amines is 1. The topological polar surface area (TPSA) is 49.0 Å². The van der Waals surface area contributed by atoms with Gasteiger partial charge in [0, 0.05) is 28.0 Å². The molecule has 4 nitrogen and oxygen atoms in total. The Bertz CT molecular complexity index is 738. The quantitative estimate of drug-likeness (QED) is 0.844. The molecule has 2 aliphatic rings. The van der Waals surface area contributed by atoms with Crippen LogP contribution < -0.4 is 4.90 Å². The molecule has 0 spiro atoms. The molecule has 1 aliphatic heterocycles. The minimum Gasteiger partial charge on any atom is -0.307 e. The zero-order valence-corrected chi connectivity index (χ0v) is 13.9. The lowest BCUT2D eigenvalue weighted by Gasteiger charge is -2.23. The van der Waals surface area contributed by atoms with Crippen LogP contribution in [-0.2, 0) is 19.3 Å². The van der Waals surface area contributed by atoms with Crippen LogP contribution in [0.2, 0.25) is 0 Å². The van der Waals surface area contributed by atoms with Gasteiger partial charge in [-0.1, -0.05) is 22.0 Å². The lowest BCUT2D eigenvalue weighted by Crippen LogP contribution is -2.32. The van der Waals surface area contributed by atoms with Gasteiger partial charge in [0.1, 0.15) is 0 Å². The van der Waals surface area contributed by atoms with Crippen LogP contribution in [0.25, 0.3) is 0 Å². The number of amides is 1. The maximum atomic E-state index is 13.1. The number of rotatable bonds is 1. The van der Waals surface area contributed by atoms with Crippen LogP contribution in [0.5, 0.6) is 0 Å². The van der Waals surface area contributed by atoms with E-state index in [4.69, 9.17) is 0 Å². The monoisotopic (exact) mass is 359 g/mol. The maximum absolute atomic E-state index is 13.1. The van der Waals surface area contributed by atoms with Crippen LogP contribution in [-0.4, -0.2) is 22.6 Å². The van der Waals surface area contributed by atoms with E-state index in [0.29, 0.717) is 5.69 Å². The van der Waals surface area contributed by atoms with E-state index in [1.165, 1.54) is 5.56 Å². The average Bonchev–Trinajstić information content (AvgIpc) is 3.05. The molecule has 0 unspecified atom stereocenters. The van der Waals surface area contributed by atoms with Gasteiger partial charge in [-0.05, 0) is 56.2 Å². The molecule has 114 valence electrons. The van der Waals surface area contributed by atoms with Gasteiger partial charge in [-0.25, -0.2) is 0 Å². The number of hydrogen-bond acceptors (Lipinski definition) is 2. The number of carbonyl (C=O) groups excluding carboxylic acids is 1. The Morgan fingerprint density at radius 2 is 2.00 bits per heavy atom. The summed E-state index contributed by atoms with van der Waals surface area (Å²) in [4.78, 5) is 15.0. The first kappa shape index (κ1) is 14.0. The first-order valence-corrected chi connectivity index (χ1v) is 8.70. The number of fused-ring (bicyclic) bond motifs is 2. The summed E-state index contributed by atoms with van der Waals surface area (Å²) in [5.41, 5.74) is 5.17. The Hall–Kier alpha value is -1.62. The Labute approximate surface area is 138 Å². The molecular weight excluding hydrogens is 342 g/mol. The van der Waals surface area contributed by atoms with Crippen molar-refractivity contribution in [2.45, 2.75) is 38.5 Å². The molecule has 0 atom stereocenters. The van der Waals surface area contributed by atoms with Crippen molar-refractivity contribution in [1.82, 2.24) is 10.2 Å². The number of hydrogen-bond donors (Lipinski definition) is 1. The molecule has 4 rings (SSSR count). The summed E-state index contributed by atoms with van der Waals surface area (Å²) in [6, 6.07) is 6.11. The van der Waals surface area contributed by atoms with E-state index in [1.54, 1.807) is 0 Å². The highest BCUT2D eigenvalue weighted by molar-refractivity contribution is 9.10. The van der Waals surface area contributed by atoms with Crippen molar-refractivity contribution in [1.29, 1.82) is 0 Å². The van der Waals surface area contributed by atoms with Gasteiger partial charge in [0.25, 0.3) is 5.91 Å². The van der Waals surface area contributed by atoms with E-state index >= 15 is 0 Å². The number of H-pyrrole nitrogens is 1. The second-order valence-electron chi connectivity index (χ2n) is 6.03. The van der Waals surface area contributed by atoms with Crippen LogP contribution >= 0.6 is 15.9 Å². The number of carbonyl (C=O) groups is 1. The van der Waals surface area contributed by atoms with E-state index in [1.807, 2.05) is 11.0 Å². The maximum Gasteiger partial charge on any atom is 0.279 e. The standard InChI is InChI=1S/C17H18BrN3O/c18-13-7-4-9-15-11(13)5-1-2-10-21(15)17(22)16-12-6-3-8-14(12)19-20-16/h4,7,9H,1-3,5-6,8,10H2,(H,19,20). The fraction of sp³-hybridized carbons (Fsp3) is 0.412. The molecule has 22 heavy (non-hydrogen) atoms. The Kier molecular flexibility index (Phi) is 3.53. The van der Waals surface area contributed by atoms with Crippen LogP contribution in [0.15, 0.2) is 22.7 Å². The van der Waals surface area contributed by atoms with Crippen molar-refractivity contribution in [3.8, 4) is 0 Å². The minimum absolute atomic E-state index is 0.0423. The fourth-order valence-corrected chi connectivity index (χ4v) is 4.13. The van der Waals surface area contributed by atoms with E-state index in [0.717, 1.165) is 66.5 Å². The zero-order valence-electron chi connectivity index (χ0n) is 12.4. The van der Waals surface area contributed by atoms with Gasteiger partial charge in [0.15, 0.2) is 5.69 Å². The third-order valence-corrected chi connectivity index (χ3v) is 5.44. The Balaban J connectivity index is 1.76. The second kappa shape index (κ2) is 5.54. The van der Waals surface area contributed by atoms with Crippen molar-refractivity contribution in [3.63, 3.8) is 0 Å². The van der Waals surface area contributed by atoms with Crippen LogP contribution in [0, 0.1) is 0 Å². The van der Waals surface area contributed by atoms with Gasteiger partial charge in [-0.3, -0.25) is 9.89 Å². The van der Waals surface area contributed by atoms with Crippen molar-refractivity contribution in [2.24, 2.45) is 0 Å². The molecule has 1 aliphatic carbocycles. The lowest BCUT2D eigenvalue weighted by atomic mass is 10.1. The molecule has 2 aromatic rings. The smallest absolute Gasteiger partial charge is 0.279 e. The first-order chi connectivity index (χ1) is 10.8. The zero-order chi connectivity index (χ0) is 15.1. The Morgan fingerprint density at radius 3 is 2.91 bits per heavy atom. The van der Waals surface area contributed by atoms with Crippen LogP contribution in [0.1, 0.15) is 46.6 Å². The summed E-state index contributed by atoms with van der Waals surface area (Å²) in [7, 11) is 0. The summed E-state index contributed by atoms with van der Waals surface area (Å²) in [6.45, 7) is 0.768. The van der Waals surface area contributed by atoms with Crippen molar-refractivity contribution in [3.05, 3.63) is 45.2 Å². The molecule has 0 radical (unpaired) electrons. The highest BCUT2D eigenvalue weighted by atomic mass is 79.9. The molecule has 0 bridgehead atoms. The Morgan fingerprint density at radius 1 is 1.14 bits per heavy atom. The molecule has 1 amide bonds. The summed E-state index contributed by atoms with van der Waals surface area (Å²) in [6.07, 6.45) is 6.24. The fourth-order valence-electron chi connectivity index (χ4n) is 3.57. The minimum atomic E-state index is 0.0423. The number of aromatic nitrogens is 2. The van der Waals surface area contributed by atoms with Crippen molar-refractivity contribution < 1.29 is 4.79 Å². The van der Waals surface area contributed by atoms with Crippen LogP contribution in [0.3, 0.4) is 0 Å². The predicted octanol–water partition coefficient (Wildman–Crippen LogP) is 3.64. The largest absolute Gasteiger partial charge is 0.307 e. The van der Waals surface area contributed by atoms with Gasteiger partial charge in [-0.15, -0.1) is 0 Å². The molecule has 1 aromatic carbocycles. The van der Waals surface area contributed by atoms with Crippen molar-refractivity contribution in [2.75, 3.05) is 11.4 Å². The number of anilines is 1. The van der Waals surface area contributed by atoms with Gasteiger partial charge >= 0.3 is 0 Å². The summed E-state index contributed by atoms with van der Waals surface area (Å²) < 4.78 is 1.09. The summed E-state index contributed by atoms with van der Waals surface area (Å²) >= 11 is 3.63. The molecular formula is C17H18BrN3O. The second-order valence-corrected chi connectivity index (χ2v) is 6.89. The number of aryl methyl sites for hydroxylation is 1. The van der Waals surface area contributed by atoms with Gasteiger partial charge in [0.2, 0.25) is 0 Å². The number of nitrogens with zero attached hydrogens (tertiary/aromatic N) is 2. The molecule has 0 saturated heterocycles. The highest BCUT2D eigenvalue weighted by Gasteiger charge is 2.29. The SMILES string of the molecule is O=C(c1n[nH]c2c1CCC2)N1CCCCc2c(Br)cccc21. The number of nitrogens with one attached hydrogen (secondary N) is 1. The van der Waals surface area contributed by atoms with E-state index in [9.17, 15) is 4.79 Å². The van der Waals surface area contributed by atoms with Gasteiger partial charge < -0.3 is 4.90 Å². The summed E-state index contributed by atoms with van der Waals surface area (Å²) in [5.74, 6) is 0.0423. The van der Waals surface area contributed by atoms with Gasteiger partial charge in [0.05, 0.1) is 0 Å². The van der Waals surface area contributed by atoms with E-state index in [-0.39, 0.29) is 5.91 Å². The molecule has 1 aromatic heterocycles. The van der Waals surface area contributed by atoms with Crippen LogP contribution in [0.4, 0.5) is 5.69 Å². The van der Waals surface area contributed by atoms with Crippen molar-refractivity contribution >= 4 is 27.5 Å². The highest BCUT2D eigenvalue weighted by Crippen LogP contribution is 2.33. The average molecular weight is 360 g/mol.